The lowest BCUT2D eigenvalue weighted by Crippen LogP contribution is -2.51. The van der Waals surface area contributed by atoms with Crippen LogP contribution in [-0.4, -0.2) is 28.7 Å². The fourth-order valence-corrected chi connectivity index (χ4v) is 4.37. The van der Waals surface area contributed by atoms with Crippen LogP contribution in [0.2, 0.25) is 0 Å². The van der Waals surface area contributed by atoms with E-state index in [1.54, 1.807) is 0 Å². The summed E-state index contributed by atoms with van der Waals surface area (Å²) in [4.78, 5) is 0. The molecule has 1 saturated heterocycles. The van der Waals surface area contributed by atoms with Crippen LogP contribution in [0, 0.1) is 16.7 Å². The van der Waals surface area contributed by atoms with Crippen molar-refractivity contribution in [1.29, 1.82) is 0 Å². The van der Waals surface area contributed by atoms with E-state index in [0.29, 0.717) is 19.4 Å². The average Bonchev–Trinajstić information content (AvgIpc) is 2.68. The second-order valence-electron chi connectivity index (χ2n) is 7.89. The number of aliphatic hydroxyl groups excluding tert-OH is 1. The fourth-order valence-electron chi connectivity index (χ4n) is 4.37. The van der Waals surface area contributed by atoms with E-state index in [1.807, 2.05) is 6.08 Å². The molecule has 2 unspecified atom stereocenters. The van der Waals surface area contributed by atoms with E-state index in [4.69, 9.17) is 4.74 Å². The van der Waals surface area contributed by atoms with Crippen LogP contribution >= 0.6 is 0 Å². The highest BCUT2D eigenvalue weighted by Gasteiger charge is 2.52. The molecule has 0 aromatic heterocycles. The molecular weight excluding hydrogens is 252 g/mol. The molecule has 3 heteroatoms. The Morgan fingerprint density at radius 2 is 2.00 bits per heavy atom. The lowest BCUT2D eigenvalue weighted by molar-refractivity contribution is -0.0888. The first-order valence-corrected chi connectivity index (χ1v) is 7.64. The largest absolute Gasteiger partial charge is 0.389 e. The van der Waals surface area contributed by atoms with Gasteiger partial charge in [0, 0.05) is 11.3 Å². The monoisotopic (exact) mass is 278 g/mol. The zero-order valence-electron chi connectivity index (χ0n) is 12.7. The first kappa shape index (κ1) is 14.3. The zero-order chi connectivity index (χ0) is 14.6. The van der Waals surface area contributed by atoms with Gasteiger partial charge in [-0.2, -0.15) is 0 Å². The third-order valence-electron chi connectivity index (χ3n) is 5.54. The Hall–Kier alpha value is -0.640. The summed E-state index contributed by atoms with van der Waals surface area (Å²) in [6.07, 6.45) is 9.05. The molecule has 3 nitrogen and oxygen atoms in total. The molecule has 0 bridgehead atoms. The molecule has 0 aromatic rings. The molecule has 4 atom stereocenters. The minimum atomic E-state index is -0.754. The van der Waals surface area contributed by atoms with Crippen molar-refractivity contribution in [2.75, 3.05) is 6.61 Å². The predicted octanol–water partition coefficient (Wildman–Crippen LogP) is 2.79. The minimum Gasteiger partial charge on any atom is -0.389 e. The lowest BCUT2D eigenvalue weighted by Gasteiger charge is -2.51. The number of hydrogen-bond donors (Lipinski definition) is 2. The summed E-state index contributed by atoms with van der Waals surface area (Å²) in [6, 6.07) is 0. The van der Waals surface area contributed by atoms with Crippen LogP contribution in [0.5, 0.6) is 0 Å². The van der Waals surface area contributed by atoms with Gasteiger partial charge < -0.3 is 14.9 Å². The average molecular weight is 278 g/mol. The van der Waals surface area contributed by atoms with Crippen molar-refractivity contribution in [3.63, 3.8) is 0 Å². The van der Waals surface area contributed by atoms with E-state index in [1.165, 1.54) is 0 Å². The van der Waals surface area contributed by atoms with Crippen molar-refractivity contribution >= 4 is 0 Å². The Morgan fingerprint density at radius 1 is 1.25 bits per heavy atom. The molecule has 1 aliphatic heterocycles. The summed E-state index contributed by atoms with van der Waals surface area (Å²) >= 11 is 0. The summed E-state index contributed by atoms with van der Waals surface area (Å²) in [5, 5.41) is 21.1. The van der Waals surface area contributed by atoms with Gasteiger partial charge in [0.05, 0.1) is 12.2 Å². The van der Waals surface area contributed by atoms with E-state index in [0.717, 1.165) is 18.4 Å². The lowest BCUT2D eigenvalue weighted by atomic mass is 9.57. The van der Waals surface area contributed by atoms with E-state index in [-0.39, 0.29) is 16.7 Å². The molecule has 0 saturated carbocycles. The highest BCUT2D eigenvalue weighted by Crippen LogP contribution is 2.54. The number of allylic oxidation sites excluding steroid dienone is 1. The Labute approximate surface area is 121 Å². The molecule has 0 aromatic carbocycles. The number of fused-ring (bicyclic) bond motifs is 1. The van der Waals surface area contributed by atoms with Gasteiger partial charge in [0.2, 0.25) is 0 Å². The van der Waals surface area contributed by atoms with Gasteiger partial charge >= 0.3 is 0 Å². The summed E-state index contributed by atoms with van der Waals surface area (Å²) in [5.41, 5.74) is 0.263. The van der Waals surface area contributed by atoms with E-state index < -0.39 is 11.9 Å². The fraction of sp³-hybridized carbons (Fsp3) is 0.765. The van der Waals surface area contributed by atoms with Crippen LogP contribution < -0.4 is 0 Å². The quantitative estimate of drug-likeness (QED) is 0.725. The summed E-state index contributed by atoms with van der Waals surface area (Å²) in [5.74, 6) is 0.166. The van der Waals surface area contributed by atoms with Crippen LogP contribution in [0.25, 0.3) is 0 Å². The number of ether oxygens (including phenoxy) is 1. The maximum atomic E-state index is 11.3. The van der Waals surface area contributed by atoms with Crippen LogP contribution in [0.1, 0.15) is 46.5 Å². The highest BCUT2D eigenvalue weighted by atomic mass is 16.6. The summed E-state index contributed by atoms with van der Waals surface area (Å²) < 4.78 is 5.31. The number of aliphatic hydroxyl groups is 2. The Balaban J connectivity index is 1.89. The molecule has 3 aliphatic rings. The standard InChI is InChI=1S/C17H26O3/c1-15(2)6-4-7-16(3,11-15)17(19)8-5-13-12(9-17)10-20-14(13)18/h4-5,7,12,14,18-19H,6,8-11H2,1-3H3/t12-,14?,16?,17-/m0/s1. The van der Waals surface area contributed by atoms with Gasteiger partial charge in [-0.15, -0.1) is 0 Å². The van der Waals surface area contributed by atoms with Crippen molar-refractivity contribution < 1.29 is 14.9 Å². The van der Waals surface area contributed by atoms with Crippen LogP contribution in [0.3, 0.4) is 0 Å². The van der Waals surface area contributed by atoms with Gasteiger partial charge in [-0.05, 0) is 36.7 Å². The smallest absolute Gasteiger partial charge is 0.177 e. The third kappa shape index (κ3) is 2.16. The summed E-state index contributed by atoms with van der Waals surface area (Å²) in [6.45, 7) is 7.24. The zero-order valence-corrected chi connectivity index (χ0v) is 12.7. The summed E-state index contributed by atoms with van der Waals surface area (Å²) in [7, 11) is 0. The molecule has 1 fully saturated rings. The molecule has 3 rings (SSSR count). The SMILES string of the molecule is CC1(C)CC=CC(C)([C@]2(O)CC=C3C(O)OC[C@@H]3C2)C1. The molecule has 2 aliphatic carbocycles. The second kappa shape index (κ2) is 4.43. The molecule has 20 heavy (non-hydrogen) atoms. The van der Waals surface area contributed by atoms with Crippen LogP contribution in [0.4, 0.5) is 0 Å². The topological polar surface area (TPSA) is 49.7 Å². The minimum absolute atomic E-state index is 0.166. The van der Waals surface area contributed by atoms with Gasteiger partial charge in [-0.3, -0.25) is 0 Å². The molecule has 0 radical (unpaired) electrons. The molecule has 112 valence electrons. The maximum Gasteiger partial charge on any atom is 0.177 e. The first-order valence-electron chi connectivity index (χ1n) is 7.64. The maximum absolute atomic E-state index is 11.3. The van der Waals surface area contributed by atoms with Gasteiger partial charge in [0.1, 0.15) is 0 Å². The predicted molar refractivity (Wildman–Crippen MR) is 78.0 cm³/mol. The van der Waals surface area contributed by atoms with Crippen molar-refractivity contribution in [3.8, 4) is 0 Å². The van der Waals surface area contributed by atoms with Gasteiger partial charge in [-0.1, -0.05) is 39.0 Å². The third-order valence-corrected chi connectivity index (χ3v) is 5.54. The molecule has 2 N–H and O–H groups in total. The Bertz CT molecular complexity index is 465. The molecule has 0 amide bonds. The van der Waals surface area contributed by atoms with Crippen LogP contribution in [-0.2, 0) is 4.74 Å². The van der Waals surface area contributed by atoms with Gasteiger partial charge in [0.15, 0.2) is 6.29 Å². The van der Waals surface area contributed by atoms with Crippen LogP contribution in [0.15, 0.2) is 23.8 Å². The van der Waals surface area contributed by atoms with Crippen molar-refractivity contribution in [1.82, 2.24) is 0 Å². The number of rotatable bonds is 1. The molecule has 0 spiro atoms. The van der Waals surface area contributed by atoms with E-state index in [9.17, 15) is 10.2 Å². The number of hydrogen-bond acceptors (Lipinski definition) is 3. The molecule has 1 heterocycles. The Kier molecular flexibility index (Phi) is 3.16. The normalized spacial score (nSPS) is 47.0. The second-order valence-corrected chi connectivity index (χ2v) is 7.89. The molecular formula is C17H26O3. The van der Waals surface area contributed by atoms with E-state index >= 15 is 0 Å². The highest BCUT2D eigenvalue weighted by molar-refractivity contribution is 5.25. The van der Waals surface area contributed by atoms with Gasteiger partial charge in [0.25, 0.3) is 0 Å². The Morgan fingerprint density at radius 3 is 2.70 bits per heavy atom. The van der Waals surface area contributed by atoms with Crippen molar-refractivity contribution in [2.24, 2.45) is 16.7 Å². The van der Waals surface area contributed by atoms with Crippen molar-refractivity contribution in [2.45, 2.75) is 58.3 Å². The van der Waals surface area contributed by atoms with Crippen molar-refractivity contribution in [3.05, 3.63) is 23.8 Å². The van der Waals surface area contributed by atoms with E-state index in [2.05, 4.69) is 32.9 Å². The first-order chi connectivity index (χ1) is 9.25. The van der Waals surface area contributed by atoms with Gasteiger partial charge in [-0.25, -0.2) is 0 Å².